The molecule has 0 aliphatic carbocycles. The first-order valence-corrected chi connectivity index (χ1v) is 12.1. The van der Waals surface area contributed by atoms with Crippen LogP contribution in [0.3, 0.4) is 0 Å². The van der Waals surface area contributed by atoms with Crippen LogP contribution in [0.25, 0.3) is 11.5 Å². The summed E-state index contributed by atoms with van der Waals surface area (Å²) in [4.78, 5) is 12.9. The molecule has 0 atom stereocenters. The van der Waals surface area contributed by atoms with Gasteiger partial charge in [0.05, 0.1) is 12.0 Å². The van der Waals surface area contributed by atoms with Gasteiger partial charge in [0, 0.05) is 24.6 Å². The van der Waals surface area contributed by atoms with Crippen molar-refractivity contribution >= 4 is 21.9 Å². The summed E-state index contributed by atoms with van der Waals surface area (Å²) in [5.74, 6) is 1.37. The lowest BCUT2D eigenvalue weighted by atomic mass is 9.97. The molecular weight excluding hydrogens is 464 g/mol. The Hall–Kier alpha value is -3.64. The molecule has 178 valence electrons. The van der Waals surface area contributed by atoms with Crippen molar-refractivity contribution in [2.45, 2.75) is 17.7 Å². The zero-order valence-corrected chi connectivity index (χ0v) is 19.1. The fraction of sp³-hybridized carbons (Fsp3) is 0.318. The van der Waals surface area contributed by atoms with E-state index >= 15 is 0 Å². The first-order valence-electron chi connectivity index (χ1n) is 10.6. The summed E-state index contributed by atoms with van der Waals surface area (Å²) >= 11 is 0. The number of sulfonamides is 1. The Balaban J connectivity index is 1.19. The van der Waals surface area contributed by atoms with Crippen LogP contribution < -0.4 is 19.5 Å². The van der Waals surface area contributed by atoms with Crippen molar-refractivity contribution in [1.82, 2.24) is 14.5 Å². The number of carbonyl (C=O) groups excluding carboxylic acids is 1. The number of ether oxygens (including phenoxy) is 3. The highest BCUT2D eigenvalue weighted by Gasteiger charge is 2.32. The third-order valence-electron chi connectivity index (χ3n) is 5.80. The van der Waals surface area contributed by atoms with E-state index in [0.717, 1.165) is 0 Å². The fourth-order valence-corrected chi connectivity index (χ4v) is 5.35. The molecule has 1 saturated heterocycles. The normalized spacial score (nSPS) is 16.4. The third-order valence-corrected chi connectivity index (χ3v) is 7.71. The Labute approximate surface area is 195 Å². The van der Waals surface area contributed by atoms with Crippen LogP contribution in [0, 0.1) is 5.92 Å². The molecule has 2 aliphatic heterocycles. The largest absolute Gasteiger partial charge is 0.497 e. The molecule has 1 N–H and O–H groups in total. The van der Waals surface area contributed by atoms with Gasteiger partial charge >= 0.3 is 6.01 Å². The Morgan fingerprint density at radius 1 is 1.06 bits per heavy atom. The molecule has 0 unspecified atom stereocenters. The number of hydrogen-bond donors (Lipinski definition) is 1. The van der Waals surface area contributed by atoms with Gasteiger partial charge in [-0.25, -0.2) is 8.42 Å². The fourth-order valence-electron chi connectivity index (χ4n) is 3.88. The molecule has 0 radical (unpaired) electrons. The predicted octanol–water partition coefficient (Wildman–Crippen LogP) is 2.51. The van der Waals surface area contributed by atoms with Crippen LogP contribution in [0.1, 0.15) is 12.8 Å². The summed E-state index contributed by atoms with van der Waals surface area (Å²) in [5, 5.41) is 10.5. The zero-order valence-electron chi connectivity index (χ0n) is 18.3. The van der Waals surface area contributed by atoms with Gasteiger partial charge in [0.2, 0.25) is 28.6 Å². The highest BCUT2D eigenvalue weighted by atomic mass is 32.2. The number of piperidine rings is 1. The van der Waals surface area contributed by atoms with E-state index in [4.69, 9.17) is 18.6 Å². The second-order valence-corrected chi connectivity index (χ2v) is 9.76. The van der Waals surface area contributed by atoms with E-state index in [1.54, 1.807) is 30.3 Å². The molecular formula is C22H22N4O7S. The molecule has 0 spiro atoms. The third kappa shape index (κ3) is 4.29. The summed E-state index contributed by atoms with van der Waals surface area (Å²) in [6.07, 6.45) is 0.759. The van der Waals surface area contributed by atoms with Crippen molar-refractivity contribution in [2.75, 3.05) is 32.3 Å². The lowest BCUT2D eigenvalue weighted by Crippen LogP contribution is -2.41. The van der Waals surface area contributed by atoms with Crippen LogP contribution in [-0.4, -0.2) is 55.8 Å². The Kier molecular flexibility index (Phi) is 5.84. The van der Waals surface area contributed by atoms with Gasteiger partial charge in [0.15, 0.2) is 11.5 Å². The van der Waals surface area contributed by atoms with Crippen LogP contribution in [-0.2, 0) is 14.8 Å². The van der Waals surface area contributed by atoms with E-state index < -0.39 is 10.0 Å². The first kappa shape index (κ1) is 22.2. The molecule has 3 aromatic rings. The average Bonchev–Trinajstić information content (AvgIpc) is 3.53. The minimum Gasteiger partial charge on any atom is -0.497 e. The maximum Gasteiger partial charge on any atom is 0.322 e. The van der Waals surface area contributed by atoms with E-state index in [9.17, 15) is 13.2 Å². The van der Waals surface area contributed by atoms with Crippen LogP contribution in [0.15, 0.2) is 51.8 Å². The van der Waals surface area contributed by atoms with Gasteiger partial charge in [-0.05, 0) is 55.3 Å². The molecule has 0 saturated carbocycles. The van der Waals surface area contributed by atoms with Gasteiger partial charge in [-0.2, -0.15) is 4.31 Å². The van der Waals surface area contributed by atoms with Crippen molar-refractivity contribution in [3.63, 3.8) is 0 Å². The molecule has 1 fully saturated rings. The number of anilines is 1. The maximum absolute atomic E-state index is 12.9. The van der Waals surface area contributed by atoms with Gasteiger partial charge in [-0.15, -0.1) is 5.10 Å². The highest BCUT2D eigenvalue weighted by molar-refractivity contribution is 7.89. The molecule has 34 heavy (non-hydrogen) atoms. The van der Waals surface area contributed by atoms with E-state index in [-0.39, 0.29) is 48.5 Å². The molecule has 5 rings (SSSR count). The van der Waals surface area contributed by atoms with Gasteiger partial charge in [0.25, 0.3) is 0 Å². The van der Waals surface area contributed by atoms with E-state index in [1.807, 2.05) is 0 Å². The molecule has 0 bridgehead atoms. The monoisotopic (exact) mass is 486 g/mol. The molecule has 1 amide bonds. The van der Waals surface area contributed by atoms with Crippen molar-refractivity contribution in [2.24, 2.45) is 5.92 Å². The van der Waals surface area contributed by atoms with Crippen LogP contribution in [0.5, 0.6) is 17.2 Å². The second-order valence-electron chi connectivity index (χ2n) is 7.82. The number of hydrogen-bond acceptors (Lipinski definition) is 9. The minimum atomic E-state index is -3.64. The number of aromatic nitrogens is 2. The van der Waals surface area contributed by atoms with Gasteiger partial charge < -0.3 is 18.6 Å². The van der Waals surface area contributed by atoms with Gasteiger partial charge in [-0.1, -0.05) is 5.10 Å². The van der Waals surface area contributed by atoms with Gasteiger partial charge in [-0.3, -0.25) is 10.1 Å². The number of fused-ring (bicyclic) bond motifs is 1. The smallest absolute Gasteiger partial charge is 0.322 e. The number of nitrogens with zero attached hydrogens (tertiary/aromatic N) is 3. The average molecular weight is 487 g/mol. The Morgan fingerprint density at radius 3 is 2.53 bits per heavy atom. The van der Waals surface area contributed by atoms with Crippen molar-refractivity contribution in [3.8, 4) is 28.7 Å². The zero-order chi connectivity index (χ0) is 23.7. The highest BCUT2D eigenvalue weighted by Crippen LogP contribution is 2.36. The van der Waals surface area contributed by atoms with Crippen molar-refractivity contribution < 1.29 is 31.8 Å². The van der Waals surface area contributed by atoms with Gasteiger partial charge in [0.1, 0.15) is 5.75 Å². The Bertz CT molecular complexity index is 1300. The predicted molar refractivity (Wildman–Crippen MR) is 119 cm³/mol. The molecule has 2 aromatic carbocycles. The quantitative estimate of drug-likeness (QED) is 0.558. The van der Waals surface area contributed by atoms with Crippen LogP contribution in [0.2, 0.25) is 0 Å². The van der Waals surface area contributed by atoms with E-state index in [2.05, 4.69) is 15.5 Å². The van der Waals surface area contributed by atoms with Crippen molar-refractivity contribution in [1.29, 1.82) is 0 Å². The summed E-state index contributed by atoms with van der Waals surface area (Å²) in [7, 11) is -2.12. The molecule has 2 aliphatic rings. The number of methoxy groups -OCH3 is 1. The summed E-state index contributed by atoms with van der Waals surface area (Å²) in [6.45, 7) is 0.627. The number of nitrogens with one attached hydrogen (secondary N) is 1. The van der Waals surface area contributed by atoms with E-state index in [0.29, 0.717) is 35.7 Å². The number of rotatable bonds is 6. The summed E-state index contributed by atoms with van der Waals surface area (Å²) in [5.41, 5.74) is 0.634. The number of benzene rings is 2. The molecule has 12 heteroatoms. The van der Waals surface area contributed by atoms with Crippen molar-refractivity contribution in [3.05, 3.63) is 42.5 Å². The summed E-state index contributed by atoms with van der Waals surface area (Å²) < 4.78 is 48.5. The lowest BCUT2D eigenvalue weighted by Gasteiger charge is -2.30. The maximum atomic E-state index is 12.9. The standard InChI is InChI=1S/C22H22N4O7S/c1-30-16-3-5-17(6-4-16)34(28,29)26-10-8-14(9-11-26)20(27)23-22-25-24-21(33-22)15-2-7-18-19(12-15)32-13-31-18/h2-7,12,14H,8-11,13H2,1H3,(H,23,25,27). The summed E-state index contributed by atoms with van der Waals surface area (Å²) in [6, 6.07) is 11.4. The number of carbonyl (C=O) groups is 1. The Morgan fingerprint density at radius 2 is 1.79 bits per heavy atom. The molecule has 3 heterocycles. The SMILES string of the molecule is COc1ccc(S(=O)(=O)N2CCC(C(=O)Nc3nnc(-c4ccc5c(c4)OCO5)o3)CC2)cc1. The second kappa shape index (κ2) is 8.95. The molecule has 1 aromatic heterocycles. The lowest BCUT2D eigenvalue weighted by molar-refractivity contribution is -0.121. The topological polar surface area (TPSA) is 133 Å². The van der Waals surface area contributed by atoms with Crippen LogP contribution in [0.4, 0.5) is 6.01 Å². The minimum absolute atomic E-state index is 0.0223. The first-order chi connectivity index (χ1) is 16.4. The number of amides is 1. The van der Waals surface area contributed by atoms with E-state index in [1.165, 1.54) is 23.5 Å². The van der Waals surface area contributed by atoms with Crippen LogP contribution >= 0.6 is 0 Å². The molecule has 11 nitrogen and oxygen atoms in total.